The molecule has 1 aliphatic rings. The number of rotatable bonds is 2. The minimum absolute atomic E-state index is 0.0131. The number of amides is 1. The SMILES string of the molecule is CC1CCCC(O)(CNC(=O)C(C)(C)C)C1. The van der Waals surface area contributed by atoms with Crippen LogP contribution >= 0.6 is 0 Å². The molecule has 0 aromatic carbocycles. The van der Waals surface area contributed by atoms with Crippen molar-refractivity contribution in [2.45, 2.75) is 59.0 Å². The monoisotopic (exact) mass is 227 g/mol. The average Bonchev–Trinajstić information content (AvgIpc) is 2.12. The summed E-state index contributed by atoms with van der Waals surface area (Å²) >= 11 is 0. The van der Waals surface area contributed by atoms with Gasteiger partial charge in [0.25, 0.3) is 0 Å². The number of aliphatic hydroxyl groups is 1. The van der Waals surface area contributed by atoms with Gasteiger partial charge >= 0.3 is 0 Å². The number of nitrogens with one attached hydrogen (secondary N) is 1. The summed E-state index contributed by atoms with van der Waals surface area (Å²) in [5.74, 6) is 0.574. The fraction of sp³-hybridized carbons (Fsp3) is 0.923. The summed E-state index contributed by atoms with van der Waals surface area (Å²) in [6.45, 7) is 8.21. The van der Waals surface area contributed by atoms with E-state index in [-0.39, 0.29) is 11.3 Å². The molecule has 0 radical (unpaired) electrons. The lowest BCUT2D eigenvalue weighted by Gasteiger charge is -2.36. The van der Waals surface area contributed by atoms with Gasteiger partial charge < -0.3 is 10.4 Å². The van der Waals surface area contributed by atoms with Crippen molar-refractivity contribution in [2.24, 2.45) is 11.3 Å². The maximum absolute atomic E-state index is 11.7. The Bertz CT molecular complexity index is 257. The zero-order chi connectivity index (χ0) is 12.4. The van der Waals surface area contributed by atoms with E-state index in [0.29, 0.717) is 12.5 Å². The van der Waals surface area contributed by atoms with Gasteiger partial charge in [-0.25, -0.2) is 0 Å². The molecule has 0 aromatic heterocycles. The molecule has 1 aliphatic carbocycles. The van der Waals surface area contributed by atoms with Gasteiger partial charge in [0, 0.05) is 12.0 Å². The van der Waals surface area contributed by atoms with Gasteiger partial charge in [0.1, 0.15) is 0 Å². The Kier molecular flexibility index (Phi) is 4.00. The first-order valence-electron chi connectivity index (χ1n) is 6.24. The largest absolute Gasteiger partial charge is 0.388 e. The summed E-state index contributed by atoms with van der Waals surface area (Å²) in [6, 6.07) is 0. The van der Waals surface area contributed by atoms with Crippen molar-refractivity contribution in [1.29, 1.82) is 0 Å². The Labute approximate surface area is 98.6 Å². The van der Waals surface area contributed by atoms with Gasteiger partial charge in [-0.05, 0) is 18.8 Å². The van der Waals surface area contributed by atoms with Crippen molar-refractivity contribution in [3.8, 4) is 0 Å². The lowest BCUT2D eigenvalue weighted by molar-refractivity contribution is -0.130. The summed E-state index contributed by atoms with van der Waals surface area (Å²) in [7, 11) is 0. The number of carbonyl (C=O) groups excluding carboxylic acids is 1. The predicted molar refractivity (Wildman–Crippen MR) is 65.0 cm³/mol. The molecule has 3 heteroatoms. The zero-order valence-electron chi connectivity index (χ0n) is 11.0. The van der Waals surface area contributed by atoms with E-state index in [1.807, 2.05) is 20.8 Å². The molecule has 0 spiro atoms. The van der Waals surface area contributed by atoms with E-state index in [9.17, 15) is 9.90 Å². The van der Waals surface area contributed by atoms with Crippen LogP contribution in [0.3, 0.4) is 0 Å². The molecule has 2 N–H and O–H groups in total. The fourth-order valence-electron chi connectivity index (χ4n) is 2.30. The van der Waals surface area contributed by atoms with Crippen LogP contribution in [0.1, 0.15) is 53.4 Å². The summed E-state index contributed by atoms with van der Waals surface area (Å²) in [6.07, 6.45) is 3.86. The van der Waals surface area contributed by atoms with E-state index in [4.69, 9.17) is 0 Å². The Morgan fingerprint density at radius 2 is 2.12 bits per heavy atom. The topological polar surface area (TPSA) is 49.3 Å². The van der Waals surface area contributed by atoms with Crippen LogP contribution in [0.4, 0.5) is 0 Å². The van der Waals surface area contributed by atoms with Crippen LogP contribution in [0.5, 0.6) is 0 Å². The zero-order valence-corrected chi connectivity index (χ0v) is 11.0. The molecule has 1 saturated carbocycles. The first-order chi connectivity index (χ1) is 7.23. The van der Waals surface area contributed by atoms with Gasteiger partial charge in [0.2, 0.25) is 5.91 Å². The third-order valence-corrected chi connectivity index (χ3v) is 3.33. The van der Waals surface area contributed by atoms with Crippen molar-refractivity contribution >= 4 is 5.91 Å². The van der Waals surface area contributed by atoms with Gasteiger partial charge in [0.05, 0.1) is 5.60 Å². The first-order valence-corrected chi connectivity index (χ1v) is 6.24. The highest BCUT2D eigenvalue weighted by atomic mass is 16.3. The highest BCUT2D eigenvalue weighted by molar-refractivity contribution is 5.81. The van der Waals surface area contributed by atoms with Crippen molar-refractivity contribution < 1.29 is 9.90 Å². The van der Waals surface area contributed by atoms with Crippen LogP contribution in [0.25, 0.3) is 0 Å². The van der Waals surface area contributed by atoms with Gasteiger partial charge in [-0.2, -0.15) is 0 Å². The molecular formula is C13H25NO2. The molecule has 0 bridgehead atoms. The average molecular weight is 227 g/mol. The lowest BCUT2D eigenvalue weighted by Crippen LogP contribution is -2.48. The maximum atomic E-state index is 11.7. The summed E-state index contributed by atoms with van der Waals surface area (Å²) < 4.78 is 0. The Hall–Kier alpha value is -0.570. The second-order valence-corrected chi connectivity index (χ2v) is 6.36. The molecule has 94 valence electrons. The van der Waals surface area contributed by atoms with E-state index in [2.05, 4.69) is 12.2 Å². The molecule has 0 aromatic rings. The van der Waals surface area contributed by atoms with E-state index >= 15 is 0 Å². The highest BCUT2D eigenvalue weighted by Crippen LogP contribution is 2.31. The normalized spacial score (nSPS) is 31.2. The van der Waals surface area contributed by atoms with E-state index in [0.717, 1.165) is 19.3 Å². The van der Waals surface area contributed by atoms with Gasteiger partial charge in [-0.3, -0.25) is 4.79 Å². The number of hydrogen-bond donors (Lipinski definition) is 2. The molecular weight excluding hydrogens is 202 g/mol. The van der Waals surface area contributed by atoms with Crippen LogP contribution in [-0.4, -0.2) is 23.2 Å². The molecule has 0 heterocycles. The molecule has 2 unspecified atom stereocenters. The molecule has 3 nitrogen and oxygen atoms in total. The van der Waals surface area contributed by atoms with Crippen LogP contribution in [0, 0.1) is 11.3 Å². The van der Waals surface area contributed by atoms with E-state index < -0.39 is 5.60 Å². The number of hydrogen-bond acceptors (Lipinski definition) is 2. The maximum Gasteiger partial charge on any atom is 0.225 e. The fourth-order valence-corrected chi connectivity index (χ4v) is 2.30. The van der Waals surface area contributed by atoms with Crippen molar-refractivity contribution in [3.63, 3.8) is 0 Å². The van der Waals surface area contributed by atoms with Crippen molar-refractivity contribution in [3.05, 3.63) is 0 Å². The number of carbonyl (C=O) groups is 1. The van der Waals surface area contributed by atoms with Crippen LogP contribution in [0.15, 0.2) is 0 Å². The van der Waals surface area contributed by atoms with E-state index in [1.54, 1.807) is 0 Å². The Morgan fingerprint density at radius 1 is 1.50 bits per heavy atom. The molecule has 1 rings (SSSR count). The smallest absolute Gasteiger partial charge is 0.225 e. The standard InChI is InChI=1S/C13H25NO2/c1-10-6-5-7-13(16,8-10)9-14-11(15)12(2,3)4/h10,16H,5-9H2,1-4H3,(H,14,15). The molecule has 1 amide bonds. The van der Waals surface area contributed by atoms with Gasteiger partial charge in [-0.15, -0.1) is 0 Å². The lowest BCUT2D eigenvalue weighted by atomic mass is 9.79. The molecule has 0 saturated heterocycles. The molecule has 1 fully saturated rings. The summed E-state index contributed by atoms with van der Waals surface area (Å²) in [5, 5.41) is 13.2. The van der Waals surface area contributed by atoms with Crippen molar-refractivity contribution in [1.82, 2.24) is 5.32 Å². The van der Waals surface area contributed by atoms with Gasteiger partial charge in [0.15, 0.2) is 0 Å². The molecule has 16 heavy (non-hydrogen) atoms. The minimum atomic E-state index is -0.682. The first kappa shape index (κ1) is 13.5. The summed E-state index contributed by atoms with van der Waals surface area (Å²) in [5.41, 5.74) is -1.06. The highest BCUT2D eigenvalue weighted by Gasteiger charge is 2.33. The Morgan fingerprint density at radius 3 is 2.62 bits per heavy atom. The third kappa shape index (κ3) is 3.78. The van der Waals surface area contributed by atoms with Gasteiger partial charge in [-0.1, -0.05) is 40.5 Å². The molecule has 2 atom stereocenters. The molecule has 0 aliphatic heterocycles. The predicted octanol–water partition coefficient (Wildman–Crippen LogP) is 2.09. The van der Waals surface area contributed by atoms with Crippen LogP contribution < -0.4 is 5.32 Å². The van der Waals surface area contributed by atoms with Crippen LogP contribution in [0.2, 0.25) is 0 Å². The quantitative estimate of drug-likeness (QED) is 0.759. The second-order valence-electron chi connectivity index (χ2n) is 6.36. The second kappa shape index (κ2) is 4.74. The minimum Gasteiger partial charge on any atom is -0.388 e. The summed E-state index contributed by atoms with van der Waals surface area (Å²) in [4.78, 5) is 11.7. The Balaban J connectivity index is 2.45. The van der Waals surface area contributed by atoms with E-state index in [1.165, 1.54) is 6.42 Å². The van der Waals surface area contributed by atoms with Crippen LogP contribution in [-0.2, 0) is 4.79 Å². The third-order valence-electron chi connectivity index (χ3n) is 3.33. The van der Waals surface area contributed by atoms with Crippen molar-refractivity contribution in [2.75, 3.05) is 6.54 Å².